The number of hydrogen-bond acceptors (Lipinski definition) is 4. The predicted molar refractivity (Wildman–Crippen MR) is 71.9 cm³/mol. The van der Waals surface area contributed by atoms with E-state index in [0.29, 0.717) is 6.61 Å². The van der Waals surface area contributed by atoms with Crippen LogP contribution in [0.4, 0.5) is 0 Å². The molecule has 0 aliphatic carbocycles. The highest BCUT2D eigenvalue weighted by atomic mass is 32.2. The van der Waals surface area contributed by atoms with Gasteiger partial charge in [-0.25, -0.2) is 0 Å². The Morgan fingerprint density at radius 1 is 1.29 bits per heavy atom. The summed E-state index contributed by atoms with van der Waals surface area (Å²) >= 11 is 0.974. The molecular weight excluding hydrogens is 236 g/mol. The summed E-state index contributed by atoms with van der Waals surface area (Å²) in [6.45, 7) is 7.22. The van der Waals surface area contributed by atoms with Crippen LogP contribution in [0.25, 0.3) is 0 Å². The summed E-state index contributed by atoms with van der Waals surface area (Å²) in [4.78, 5) is 23.0. The van der Waals surface area contributed by atoms with E-state index in [-0.39, 0.29) is 11.1 Å². The summed E-state index contributed by atoms with van der Waals surface area (Å²) in [6, 6.07) is 0. The van der Waals surface area contributed by atoms with Gasteiger partial charge in [0.2, 0.25) is 0 Å². The first kappa shape index (κ1) is 16.0. The Hall–Kier alpha value is -1.03. The number of carbonyl (C=O) groups is 2. The monoisotopic (exact) mass is 256 g/mol. The van der Waals surface area contributed by atoms with Crippen molar-refractivity contribution in [2.24, 2.45) is 0 Å². The van der Waals surface area contributed by atoms with E-state index in [0.717, 1.165) is 18.2 Å². The molecule has 96 valence electrons. The van der Waals surface area contributed by atoms with Gasteiger partial charge in [-0.05, 0) is 20.3 Å². The molecule has 17 heavy (non-hydrogen) atoms. The Kier molecular flexibility index (Phi) is 7.63. The van der Waals surface area contributed by atoms with Crippen molar-refractivity contribution in [2.45, 2.75) is 38.9 Å². The highest BCUT2D eigenvalue weighted by Crippen LogP contribution is 2.29. The van der Waals surface area contributed by atoms with Crippen molar-refractivity contribution in [3.05, 3.63) is 24.3 Å². The second-order valence-electron chi connectivity index (χ2n) is 3.62. The van der Waals surface area contributed by atoms with Crippen LogP contribution in [0.3, 0.4) is 0 Å². The molecule has 0 aromatic heterocycles. The fourth-order valence-electron chi connectivity index (χ4n) is 1.17. The van der Waals surface area contributed by atoms with E-state index in [4.69, 9.17) is 4.74 Å². The van der Waals surface area contributed by atoms with Crippen molar-refractivity contribution in [2.75, 3.05) is 6.61 Å². The maximum absolute atomic E-state index is 11.8. The Balaban J connectivity index is 4.83. The van der Waals surface area contributed by atoms with Gasteiger partial charge < -0.3 is 4.74 Å². The summed E-state index contributed by atoms with van der Waals surface area (Å²) in [5.74, 6) is -0.388. The molecule has 1 atom stereocenters. The lowest BCUT2D eigenvalue weighted by Gasteiger charge is -2.21. The van der Waals surface area contributed by atoms with Crippen molar-refractivity contribution < 1.29 is 14.3 Å². The first-order valence-corrected chi connectivity index (χ1v) is 6.49. The molecule has 0 fully saturated rings. The van der Waals surface area contributed by atoms with Gasteiger partial charge in [0.1, 0.15) is 4.75 Å². The Morgan fingerprint density at radius 2 is 1.94 bits per heavy atom. The second kappa shape index (κ2) is 8.12. The minimum absolute atomic E-state index is 0.107. The van der Waals surface area contributed by atoms with E-state index in [1.807, 2.05) is 19.1 Å². The van der Waals surface area contributed by atoms with Gasteiger partial charge >= 0.3 is 5.97 Å². The summed E-state index contributed by atoms with van der Waals surface area (Å²) in [5.41, 5.74) is 0. The molecule has 0 radical (unpaired) electrons. The fraction of sp³-hybridized carbons (Fsp3) is 0.538. The van der Waals surface area contributed by atoms with Gasteiger partial charge in [0.05, 0.1) is 6.61 Å². The van der Waals surface area contributed by atoms with E-state index in [2.05, 4.69) is 0 Å². The maximum atomic E-state index is 11.8. The first-order valence-electron chi connectivity index (χ1n) is 5.67. The smallest absolute Gasteiger partial charge is 0.326 e. The van der Waals surface area contributed by atoms with Crippen LogP contribution in [0.5, 0.6) is 0 Å². The lowest BCUT2D eigenvalue weighted by molar-refractivity contribution is -0.144. The SMILES string of the molecule is CCC=CC=C[C@@](C)(SC(C)=O)C(=O)OCC. The number of thioether (sulfide) groups is 1. The summed E-state index contributed by atoms with van der Waals surface area (Å²) in [6.07, 6.45) is 8.23. The first-order chi connectivity index (χ1) is 7.96. The van der Waals surface area contributed by atoms with Crippen molar-refractivity contribution >= 4 is 22.8 Å². The zero-order chi connectivity index (χ0) is 13.3. The zero-order valence-electron chi connectivity index (χ0n) is 10.9. The molecular formula is C13H20O3S. The van der Waals surface area contributed by atoms with Crippen LogP contribution < -0.4 is 0 Å². The third-order valence-corrected chi connectivity index (χ3v) is 2.95. The average Bonchev–Trinajstić information content (AvgIpc) is 2.24. The molecule has 0 spiro atoms. The molecule has 0 rings (SSSR count). The fourth-order valence-corrected chi connectivity index (χ4v) is 2.06. The minimum atomic E-state index is -0.945. The van der Waals surface area contributed by atoms with Gasteiger partial charge in [0.15, 0.2) is 5.12 Å². The summed E-state index contributed by atoms with van der Waals surface area (Å²) < 4.78 is 4.03. The lowest BCUT2D eigenvalue weighted by atomic mass is 10.1. The molecule has 0 aromatic carbocycles. The van der Waals surface area contributed by atoms with Crippen molar-refractivity contribution in [3.8, 4) is 0 Å². The number of rotatable bonds is 6. The summed E-state index contributed by atoms with van der Waals surface area (Å²) in [7, 11) is 0. The van der Waals surface area contributed by atoms with Gasteiger partial charge in [-0.15, -0.1) is 0 Å². The maximum Gasteiger partial charge on any atom is 0.326 e. The normalized spacial score (nSPS) is 15.1. The van der Waals surface area contributed by atoms with Crippen LogP contribution >= 0.6 is 11.8 Å². The Bertz CT molecular complexity index is 321. The van der Waals surface area contributed by atoms with Crippen molar-refractivity contribution in [1.82, 2.24) is 0 Å². The number of carbonyl (C=O) groups excluding carboxylic acids is 2. The van der Waals surface area contributed by atoms with Crippen molar-refractivity contribution in [1.29, 1.82) is 0 Å². The molecule has 0 heterocycles. The third kappa shape index (κ3) is 6.31. The molecule has 0 aliphatic heterocycles. The average molecular weight is 256 g/mol. The second-order valence-corrected chi connectivity index (χ2v) is 5.24. The van der Waals surface area contributed by atoms with Crippen LogP contribution in [-0.4, -0.2) is 22.4 Å². The third-order valence-electron chi connectivity index (χ3n) is 1.93. The van der Waals surface area contributed by atoms with Gasteiger partial charge in [-0.1, -0.05) is 43.0 Å². The van der Waals surface area contributed by atoms with Crippen LogP contribution in [0, 0.1) is 0 Å². The van der Waals surface area contributed by atoms with Crippen LogP contribution in [-0.2, 0) is 14.3 Å². The predicted octanol–water partition coefficient (Wildman–Crippen LogP) is 3.11. The number of hydrogen-bond donors (Lipinski definition) is 0. The molecule has 0 saturated carbocycles. The lowest BCUT2D eigenvalue weighted by Crippen LogP contribution is -2.32. The van der Waals surface area contributed by atoms with E-state index in [1.165, 1.54) is 6.92 Å². The number of ether oxygens (including phenoxy) is 1. The Labute approximate surface area is 107 Å². The van der Waals surface area contributed by atoms with Crippen LogP contribution in [0.15, 0.2) is 24.3 Å². The molecule has 4 heteroatoms. The van der Waals surface area contributed by atoms with Gasteiger partial charge in [-0.2, -0.15) is 0 Å². The molecule has 0 amide bonds. The van der Waals surface area contributed by atoms with Crippen LogP contribution in [0.1, 0.15) is 34.1 Å². The molecule has 0 aromatic rings. The number of esters is 1. The quantitative estimate of drug-likeness (QED) is 0.541. The van der Waals surface area contributed by atoms with Crippen molar-refractivity contribution in [3.63, 3.8) is 0 Å². The zero-order valence-corrected chi connectivity index (χ0v) is 11.7. The molecule has 0 aliphatic rings. The van der Waals surface area contributed by atoms with Crippen LogP contribution in [0.2, 0.25) is 0 Å². The van der Waals surface area contributed by atoms with E-state index < -0.39 is 4.75 Å². The topological polar surface area (TPSA) is 43.4 Å². The van der Waals surface area contributed by atoms with Gasteiger partial charge in [0, 0.05) is 6.92 Å². The van der Waals surface area contributed by atoms with Gasteiger partial charge in [0.25, 0.3) is 0 Å². The van der Waals surface area contributed by atoms with E-state index in [1.54, 1.807) is 26.0 Å². The highest BCUT2D eigenvalue weighted by molar-refractivity contribution is 8.15. The van der Waals surface area contributed by atoms with E-state index >= 15 is 0 Å². The minimum Gasteiger partial charge on any atom is -0.465 e. The molecule has 0 N–H and O–H groups in total. The Morgan fingerprint density at radius 3 is 2.41 bits per heavy atom. The standard InChI is InChI=1S/C13H20O3S/c1-5-7-8-9-10-13(4,17-11(3)14)12(15)16-6-2/h7-10H,5-6H2,1-4H3/t13-/m1/s1. The molecule has 3 nitrogen and oxygen atoms in total. The molecule has 0 bridgehead atoms. The highest BCUT2D eigenvalue weighted by Gasteiger charge is 2.34. The molecule has 0 saturated heterocycles. The summed E-state index contributed by atoms with van der Waals surface area (Å²) in [5, 5.41) is -0.107. The molecule has 0 unspecified atom stereocenters. The number of allylic oxidation sites excluding steroid dienone is 3. The van der Waals surface area contributed by atoms with Gasteiger partial charge in [-0.3, -0.25) is 9.59 Å². The largest absolute Gasteiger partial charge is 0.465 e. The van der Waals surface area contributed by atoms with E-state index in [9.17, 15) is 9.59 Å².